The van der Waals surface area contributed by atoms with Gasteiger partial charge in [0.15, 0.2) is 0 Å². The van der Waals surface area contributed by atoms with Crippen LogP contribution in [-0.2, 0) is 4.79 Å². The molecule has 0 fully saturated rings. The number of amides is 3. The lowest BCUT2D eigenvalue weighted by Gasteiger charge is -2.13. The van der Waals surface area contributed by atoms with Crippen LogP contribution in [0.1, 0.15) is 6.92 Å². The minimum atomic E-state index is -0.399. The topological polar surface area (TPSA) is 79.5 Å². The molecule has 0 saturated carbocycles. The highest BCUT2D eigenvalue weighted by molar-refractivity contribution is 6.01. The number of methoxy groups -OCH3 is 1. The van der Waals surface area contributed by atoms with Crippen LogP contribution in [0.25, 0.3) is 0 Å². The minimum absolute atomic E-state index is 0.190. The van der Waals surface area contributed by atoms with Gasteiger partial charge in [-0.2, -0.15) is 0 Å². The van der Waals surface area contributed by atoms with Gasteiger partial charge in [0.05, 0.1) is 12.8 Å². The summed E-state index contributed by atoms with van der Waals surface area (Å²) in [6.45, 7) is 1.42. The molecule has 114 valence electrons. The number of carbonyl (C=O) groups is 2. The zero-order valence-corrected chi connectivity index (χ0v) is 12.3. The Morgan fingerprint density at radius 1 is 0.909 bits per heavy atom. The van der Waals surface area contributed by atoms with Crippen molar-refractivity contribution in [2.24, 2.45) is 0 Å². The summed E-state index contributed by atoms with van der Waals surface area (Å²) >= 11 is 0. The first-order valence-corrected chi connectivity index (χ1v) is 6.67. The third kappa shape index (κ3) is 4.24. The van der Waals surface area contributed by atoms with E-state index in [0.29, 0.717) is 22.8 Å². The Kier molecular flexibility index (Phi) is 4.98. The molecule has 0 heterocycles. The smallest absolute Gasteiger partial charge is 0.323 e. The summed E-state index contributed by atoms with van der Waals surface area (Å²) in [7, 11) is 1.51. The molecule has 0 aliphatic heterocycles. The first-order chi connectivity index (χ1) is 10.6. The zero-order valence-electron chi connectivity index (χ0n) is 12.3. The molecule has 0 aromatic heterocycles. The largest absolute Gasteiger partial charge is 0.495 e. The molecule has 0 radical (unpaired) electrons. The molecular weight excluding hydrogens is 282 g/mol. The molecule has 0 aliphatic carbocycles. The van der Waals surface area contributed by atoms with Gasteiger partial charge in [-0.15, -0.1) is 0 Å². The number of ether oxygens (including phenoxy) is 1. The van der Waals surface area contributed by atoms with Crippen molar-refractivity contribution in [1.82, 2.24) is 0 Å². The monoisotopic (exact) mass is 299 g/mol. The fourth-order valence-electron chi connectivity index (χ4n) is 1.89. The predicted molar refractivity (Wildman–Crippen MR) is 86.4 cm³/mol. The van der Waals surface area contributed by atoms with E-state index in [1.54, 1.807) is 30.3 Å². The van der Waals surface area contributed by atoms with Crippen molar-refractivity contribution in [3.05, 3.63) is 48.5 Å². The van der Waals surface area contributed by atoms with E-state index in [9.17, 15) is 9.59 Å². The maximum absolute atomic E-state index is 12.0. The second-order valence-electron chi connectivity index (χ2n) is 4.54. The van der Waals surface area contributed by atoms with Crippen LogP contribution in [0.3, 0.4) is 0 Å². The summed E-state index contributed by atoms with van der Waals surface area (Å²) in [4.78, 5) is 23.1. The molecular formula is C16H17N3O3. The number of carbonyl (C=O) groups excluding carboxylic acids is 2. The van der Waals surface area contributed by atoms with Gasteiger partial charge in [0.1, 0.15) is 5.75 Å². The summed E-state index contributed by atoms with van der Waals surface area (Å²) in [5, 5.41) is 8.06. The number of hydrogen-bond donors (Lipinski definition) is 3. The van der Waals surface area contributed by atoms with Crippen molar-refractivity contribution in [2.45, 2.75) is 6.92 Å². The average Bonchev–Trinajstić information content (AvgIpc) is 2.48. The van der Waals surface area contributed by atoms with Crippen LogP contribution in [0, 0.1) is 0 Å². The number of hydrogen-bond acceptors (Lipinski definition) is 3. The quantitative estimate of drug-likeness (QED) is 0.810. The third-order valence-corrected chi connectivity index (χ3v) is 2.80. The Balaban J connectivity index is 2.12. The highest BCUT2D eigenvalue weighted by atomic mass is 16.5. The van der Waals surface area contributed by atoms with Crippen LogP contribution >= 0.6 is 0 Å². The van der Waals surface area contributed by atoms with Crippen molar-refractivity contribution in [3.8, 4) is 5.75 Å². The van der Waals surface area contributed by atoms with E-state index in [1.165, 1.54) is 14.0 Å². The van der Waals surface area contributed by atoms with E-state index < -0.39 is 6.03 Å². The Bertz CT molecular complexity index is 672. The van der Waals surface area contributed by atoms with E-state index in [0.717, 1.165) is 0 Å². The standard InChI is InChI=1S/C16H17N3O3/c1-11(20)17-13-8-9-15(22-2)14(10-13)19-16(21)18-12-6-4-3-5-7-12/h3-10H,1-2H3,(H,17,20)(H2,18,19,21). The maximum atomic E-state index is 12.0. The fourth-order valence-corrected chi connectivity index (χ4v) is 1.89. The van der Waals surface area contributed by atoms with Gasteiger partial charge in [0.25, 0.3) is 0 Å². The maximum Gasteiger partial charge on any atom is 0.323 e. The Labute approximate surface area is 128 Å². The summed E-state index contributed by atoms with van der Waals surface area (Å²) < 4.78 is 5.20. The number of urea groups is 1. The van der Waals surface area contributed by atoms with Crippen LogP contribution in [0.5, 0.6) is 5.75 Å². The lowest BCUT2D eigenvalue weighted by Crippen LogP contribution is -2.20. The van der Waals surface area contributed by atoms with Crippen molar-refractivity contribution in [3.63, 3.8) is 0 Å². The molecule has 22 heavy (non-hydrogen) atoms. The van der Waals surface area contributed by atoms with Gasteiger partial charge in [0.2, 0.25) is 5.91 Å². The summed E-state index contributed by atoms with van der Waals surface area (Å²) in [6, 6.07) is 13.7. The molecule has 2 rings (SSSR count). The second kappa shape index (κ2) is 7.12. The van der Waals surface area contributed by atoms with Gasteiger partial charge < -0.3 is 20.7 Å². The van der Waals surface area contributed by atoms with Crippen LogP contribution < -0.4 is 20.7 Å². The summed E-state index contributed by atoms with van der Waals surface area (Å²) in [5.74, 6) is 0.308. The molecule has 2 aromatic carbocycles. The van der Waals surface area contributed by atoms with Gasteiger partial charge in [-0.25, -0.2) is 4.79 Å². The number of rotatable bonds is 4. The van der Waals surface area contributed by atoms with Gasteiger partial charge in [-0.3, -0.25) is 4.79 Å². The van der Waals surface area contributed by atoms with Gasteiger partial charge >= 0.3 is 6.03 Å². The fraction of sp³-hybridized carbons (Fsp3) is 0.125. The van der Waals surface area contributed by atoms with E-state index in [1.807, 2.05) is 18.2 Å². The molecule has 0 saturated heterocycles. The molecule has 6 heteroatoms. The van der Waals surface area contributed by atoms with Crippen LogP contribution in [0.2, 0.25) is 0 Å². The molecule has 0 bridgehead atoms. The third-order valence-electron chi connectivity index (χ3n) is 2.80. The lowest BCUT2D eigenvalue weighted by atomic mass is 10.2. The van der Waals surface area contributed by atoms with Gasteiger partial charge in [-0.05, 0) is 30.3 Å². The Morgan fingerprint density at radius 3 is 2.27 bits per heavy atom. The SMILES string of the molecule is COc1ccc(NC(C)=O)cc1NC(=O)Nc1ccccc1. The molecule has 2 aromatic rings. The number of anilines is 3. The van der Waals surface area contributed by atoms with Crippen LogP contribution in [-0.4, -0.2) is 19.0 Å². The highest BCUT2D eigenvalue weighted by Crippen LogP contribution is 2.28. The number of para-hydroxylation sites is 1. The Morgan fingerprint density at radius 2 is 1.64 bits per heavy atom. The van der Waals surface area contributed by atoms with Crippen molar-refractivity contribution >= 4 is 29.0 Å². The van der Waals surface area contributed by atoms with E-state index in [-0.39, 0.29) is 5.91 Å². The average molecular weight is 299 g/mol. The number of benzene rings is 2. The van der Waals surface area contributed by atoms with Gasteiger partial charge in [0, 0.05) is 18.3 Å². The predicted octanol–water partition coefficient (Wildman–Crippen LogP) is 3.30. The van der Waals surface area contributed by atoms with Crippen LogP contribution in [0.15, 0.2) is 48.5 Å². The molecule has 0 aliphatic rings. The van der Waals surface area contributed by atoms with E-state index in [2.05, 4.69) is 16.0 Å². The molecule has 0 spiro atoms. The highest BCUT2D eigenvalue weighted by Gasteiger charge is 2.09. The zero-order chi connectivity index (χ0) is 15.9. The normalized spacial score (nSPS) is 9.73. The molecule has 0 unspecified atom stereocenters. The van der Waals surface area contributed by atoms with Gasteiger partial charge in [-0.1, -0.05) is 18.2 Å². The van der Waals surface area contributed by atoms with Crippen LogP contribution in [0.4, 0.5) is 21.9 Å². The minimum Gasteiger partial charge on any atom is -0.495 e. The molecule has 0 atom stereocenters. The van der Waals surface area contributed by atoms with Crippen molar-refractivity contribution < 1.29 is 14.3 Å². The van der Waals surface area contributed by atoms with Crippen molar-refractivity contribution in [2.75, 3.05) is 23.1 Å². The first kappa shape index (κ1) is 15.4. The Hall–Kier alpha value is -3.02. The summed E-state index contributed by atoms with van der Waals surface area (Å²) in [5.41, 5.74) is 1.71. The van der Waals surface area contributed by atoms with E-state index in [4.69, 9.17) is 4.74 Å². The lowest BCUT2D eigenvalue weighted by molar-refractivity contribution is -0.114. The van der Waals surface area contributed by atoms with Crippen molar-refractivity contribution in [1.29, 1.82) is 0 Å². The van der Waals surface area contributed by atoms with E-state index >= 15 is 0 Å². The summed E-state index contributed by atoms with van der Waals surface area (Å²) in [6.07, 6.45) is 0. The second-order valence-corrected chi connectivity index (χ2v) is 4.54. The number of nitrogens with one attached hydrogen (secondary N) is 3. The first-order valence-electron chi connectivity index (χ1n) is 6.67. The molecule has 3 N–H and O–H groups in total. The molecule has 6 nitrogen and oxygen atoms in total. The molecule has 3 amide bonds.